The number of carbonyl (C=O) groups excluding carboxylic acids is 1. The minimum absolute atomic E-state index is 0.0832. The highest BCUT2D eigenvalue weighted by atomic mass is 35.5. The van der Waals surface area contributed by atoms with Crippen molar-refractivity contribution in [1.29, 1.82) is 0 Å². The molecule has 2 aromatic rings. The van der Waals surface area contributed by atoms with Gasteiger partial charge in [-0.2, -0.15) is 0 Å². The van der Waals surface area contributed by atoms with Crippen LogP contribution in [-0.2, 0) is 0 Å². The van der Waals surface area contributed by atoms with Crippen molar-refractivity contribution in [2.75, 3.05) is 18.9 Å². The van der Waals surface area contributed by atoms with Crippen molar-refractivity contribution >= 4 is 29.0 Å². The molecule has 6 N–H and O–H groups in total. The molecule has 0 saturated carbocycles. The number of hydrogen-bond acceptors (Lipinski definition) is 6. The topological polar surface area (TPSA) is 118 Å². The number of hydrogen-bond donors (Lipinski definition) is 4. The lowest BCUT2D eigenvalue weighted by Gasteiger charge is -2.11. The van der Waals surface area contributed by atoms with E-state index in [1.54, 1.807) is 25.1 Å². The Morgan fingerprint density at radius 1 is 1.28 bits per heavy atom. The Kier molecular flexibility index (Phi) is 8.45. The third kappa shape index (κ3) is 6.13. The standard InChI is InChI=1S/C24H27ClN6O/c1-6-29-22-12-9-17(15(3)30-22)7-10-19(14(2)26)23(31-16(4)27)18-8-11-20(21(25)13-18)24(32)28-5/h8-9,11-13H,4,6,26-27H2,1-3,5H3,(H,28,32)(H,29,30)/b19-14-,31-23-. The summed E-state index contributed by atoms with van der Waals surface area (Å²) in [6.45, 7) is 10.1. The van der Waals surface area contributed by atoms with Gasteiger partial charge in [-0.05, 0) is 45.0 Å². The minimum Gasteiger partial charge on any atom is -0.401 e. The molecule has 0 unspecified atom stereocenters. The number of nitrogens with two attached hydrogens (primary N) is 2. The van der Waals surface area contributed by atoms with Gasteiger partial charge in [0.1, 0.15) is 11.6 Å². The van der Waals surface area contributed by atoms with E-state index in [0.29, 0.717) is 28.1 Å². The van der Waals surface area contributed by atoms with Crippen molar-refractivity contribution in [2.24, 2.45) is 16.5 Å². The summed E-state index contributed by atoms with van der Waals surface area (Å²) < 4.78 is 0. The van der Waals surface area contributed by atoms with Crippen LogP contribution in [0.15, 0.2) is 59.0 Å². The van der Waals surface area contributed by atoms with Gasteiger partial charge in [0.2, 0.25) is 0 Å². The molecule has 166 valence electrons. The van der Waals surface area contributed by atoms with Gasteiger partial charge in [-0.1, -0.05) is 36.1 Å². The van der Waals surface area contributed by atoms with E-state index in [2.05, 4.69) is 39.0 Å². The molecular formula is C24H27ClN6O. The van der Waals surface area contributed by atoms with E-state index in [0.717, 1.165) is 23.6 Å². The highest BCUT2D eigenvalue weighted by molar-refractivity contribution is 6.34. The van der Waals surface area contributed by atoms with Crippen molar-refractivity contribution in [3.05, 3.63) is 81.4 Å². The van der Waals surface area contributed by atoms with E-state index in [9.17, 15) is 4.79 Å². The summed E-state index contributed by atoms with van der Waals surface area (Å²) in [6, 6.07) is 8.70. The molecule has 0 saturated heterocycles. The SMILES string of the molecule is C=C(N)/N=C(\C(C#Cc1ccc(NCC)nc1C)=C(\C)N)c1ccc(C(=O)NC)c(Cl)c1. The second-order valence-electron chi connectivity index (χ2n) is 6.89. The van der Waals surface area contributed by atoms with Gasteiger partial charge in [0.25, 0.3) is 5.91 Å². The van der Waals surface area contributed by atoms with E-state index in [-0.39, 0.29) is 16.8 Å². The number of aliphatic imine (C=N–C) groups is 1. The number of pyridine rings is 1. The lowest BCUT2D eigenvalue weighted by molar-refractivity contribution is 0.0963. The van der Waals surface area contributed by atoms with Crippen LogP contribution in [0.25, 0.3) is 0 Å². The van der Waals surface area contributed by atoms with Crippen LogP contribution in [0.5, 0.6) is 0 Å². The van der Waals surface area contributed by atoms with Crippen molar-refractivity contribution in [3.8, 4) is 11.8 Å². The molecule has 0 radical (unpaired) electrons. The first kappa shape index (κ1) is 24.5. The number of nitrogens with zero attached hydrogens (tertiary/aromatic N) is 2. The Morgan fingerprint density at radius 2 is 2.00 bits per heavy atom. The quantitative estimate of drug-likeness (QED) is 0.397. The zero-order valence-corrected chi connectivity index (χ0v) is 19.4. The summed E-state index contributed by atoms with van der Waals surface area (Å²) in [5, 5.41) is 5.98. The third-order valence-corrected chi connectivity index (χ3v) is 4.68. The first-order valence-electron chi connectivity index (χ1n) is 9.93. The van der Waals surface area contributed by atoms with Crippen LogP contribution >= 0.6 is 11.6 Å². The molecule has 0 atom stereocenters. The lowest BCUT2D eigenvalue weighted by Crippen LogP contribution is -2.19. The highest BCUT2D eigenvalue weighted by Crippen LogP contribution is 2.22. The second kappa shape index (κ2) is 11.0. The van der Waals surface area contributed by atoms with E-state index in [1.165, 1.54) is 7.05 Å². The van der Waals surface area contributed by atoms with Crippen LogP contribution in [0.3, 0.4) is 0 Å². The molecule has 1 amide bonds. The number of aryl methyl sites for hydroxylation is 1. The third-order valence-electron chi connectivity index (χ3n) is 4.37. The van der Waals surface area contributed by atoms with Crippen LogP contribution in [0.2, 0.25) is 5.02 Å². The second-order valence-corrected chi connectivity index (χ2v) is 7.30. The van der Waals surface area contributed by atoms with Crippen molar-refractivity contribution in [3.63, 3.8) is 0 Å². The van der Waals surface area contributed by atoms with E-state index in [1.807, 2.05) is 26.0 Å². The average molecular weight is 451 g/mol. The fraction of sp³-hybridized carbons (Fsp3) is 0.208. The van der Waals surface area contributed by atoms with E-state index < -0.39 is 0 Å². The Morgan fingerprint density at radius 3 is 2.53 bits per heavy atom. The highest BCUT2D eigenvalue weighted by Gasteiger charge is 2.15. The number of carbonyl (C=O) groups is 1. The molecule has 0 aliphatic heterocycles. The van der Waals surface area contributed by atoms with Crippen LogP contribution in [0.4, 0.5) is 5.82 Å². The zero-order chi connectivity index (χ0) is 23.8. The van der Waals surface area contributed by atoms with Crippen LogP contribution < -0.4 is 22.1 Å². The number of nitrogens with one attached hydrogen (secondary N) is 2. The van der Waals surface area contributed by atoms with Gasteiger partial charge < -0.3 is 22.1 Å². The number of amides is 1. The number of allylic oxidation sites excluding steroid dienone is 2. The number of aromatic nitrogens is 1. The van der Waals surface area contributed by atoms with E-state index in [4.69, 9.17) is 23.1 Å². The first-order chi connectivity index (χ1) is 15.2. The largest absolute Gasteiger partial charge is 0.401 e. The van der Waals surface area contributed by atoms with Gasteiger partial charge in [-0.3, -0.25) is 4.79 Å². The van der Waals surface area contributed by atoms with Crippen LogP contribution in [0.1, 0.15) is 41.0 Å². The normalized spacial score (nSPS) is 11.7. The Balaban J connectivity index is 2.56. The van der Waals surface area contributed by atoms with Gasteiger partial charge in [0.05, 0.1) is 27.6 Å². The summed E-state index contributed by atoms with van der Waals surface area (Å²) in [5.74, 6) is 6.78. The Bertz CT molecular complexity index is 1170. The van der Waals surface area contributed by atoms with Gasteiger partial charge in [-0.25, -0.2) is 9.98 Å². The Labute approximate surface area is 193 Å². The maximum atomic E-state index is 12.0. The summed E-state index contributed by atoms with van der Waals surface area (Å²) in [7, 11) is 1.54. The molecular weight excluding hydrogens is 424 g/mol. The molecule has 8 heteroatoms. The van der Waals surface area contributed by atoms with E-state index >= 15 is 0 Å². The predicted molar refractivity (Wildman–Crippen MR) is 132 cm³/mol. The number of rotatable bonds is 6. The fourth-order valence-electron chi connectivity index (χ4n) is 2.84. The molecule has 7 nitrogen and oxygen atoms in total. The van der Waals surface area contributed by atoms with Crippen molar-refractivity contribution < 1.29 is 4.79 Å². The maximum Gasteiger partial charge on any atom is 0.252 e. The van der Waals surface area contributed by atoms with Crippen molar-refractivity contribution in [2.45, 2.75) is 20.8 Å². The molecule has 0 spiro atoms. The smallest absolute Gasteiger partial charge is 0.252 e. The van der Waals surface area contributed by atoms with Gasteiger partial charge >= 0.3 is 0 Å². The van der Waals surface area contributed by atoms with Gasteiger partial charge in [0.15, 0.2) is 0 Å². The fourth-order valence-corrected chi connectivity index (χ4v) is 3.10. The Hall–Kier alpha value is -3.76. The maximum absolute atomic E-state index is 12.0. The molecule has 2 rings (SSSR count). The molecule has 1 heterocycles. The first-order valence-corrected chi connectivity index (χ1v) is 10.3. The molecule has 1 aromatic carbocycles. The monoisotopic (exact) mass is 450 g/mol. The molecule has 32 heavy (non-hydrogen) atoms. The number of halogens is 1. The molecule has 0 aliphatic carbocycles. The van der Waals surface area contributed by atoms with Gasteiger partial charge in [-0.15, -0.1) is 0 Å². The lowest BCUT2D eigenvalue weighted by atomic mass is 9.99. The summed E-state index contributed by atoms with van der Waals surface area (Å²) in [6.07, 6.45) is 0. The summed E-state index contributed by atoms with van der Waals surface area (Å²) in [5.41, 5.74) is 15.7. The summed E-state index contributed by atoms with van der Waals surface area (Å²) in [4.78, 5) is 20.8. The summed E-state index contributed by atoms with van der Waals surface area (Å²) >= 11 is 6.34. The predicted octanol–water partition coefficient (Wildman–Crippen LogP) is 3.34. The van der Waals surface area contributed by atoms with Crippen LogP contribution in [-0.4, -0.2) is 30.2 Å². The van der Waals surface area contributed by atoms with Crippen LogP contribution in [0, 0.1) is 18.8 Å². The number of benzene rings is 1. The minimum atomic E-state index is -0.294. The average Bonchev–Trinajstić information content (AvgIpc) is 2.73. The molecule has 1 aromatic heterocycles. The molecule has 0 bridgehead atoms. The zero-order valence-electron chi connectivity index (χ0n) is 18.6. The van der Waals surface area contributed by atoms with Gasteiger partial charge in [0, 0.05) is 30.4 Å². The number of anilines is 1. The molecule has 0 fully saturated rings. The molecule has 0 aliphatic rings. The van der Waals surface area contributed by atoms with Crippen molar-refractivity contribution in [1.82, 2.24) is 10.3 Å².